The SMILES string of the molecule is Br.OC1(C(F)(F)F)C(c2ccccc2)SC(=Nc2ccccc2)N1c1ccccc1. The summed E-state index contributed by atoms with van der Waals surface area (Å²) >= 11 is 0.901. The summed E-state index contributed by atoms with van der Waals surface area (Å²) < 4.78 is 43.1. The molecular weight excluding hydrogens is 477 g/mol. The van der Waals surface area contributed by atoms with Crippen molar-refractivity contribution in [1.82, 2.24) is 0 Å². The molecule has 4 rings (SSSR count). The van der Waals surface area contributed by atoms with E-state index in [0.29, 0.717) is 11.3 Å². The highest BCUT2D eigenvalue weighted by molar-refractivity contribution is 8.93. The number of halogens is 4. The number of thioether (sulfide) groups is 1. The minimum absolute atomic E-state index is 0. The molecule has 0 bridgehead atoms. The van der Waals surface area contributed by atoms with Crippen molar-refractivity contribution in [3.05, 3.63) is 96.6 Å². The zero-order valence-corrected chi connectivity index (χ0v) is 18.1. The lowest BCUT2D eigenvalue weighted by atomic mass is 9.99. The molecule has 1 aliphatic rings. The van der Waals surface area contributed by atoms with Crippen LogP contribution in [-0.4, -0.2) is 22.2 Å². The molecule has 0 saturated carbocycles. The van der Waals surface area contributed by atoms with E-state index in [1.807, 2.05) is 0 Å². The van der Waals surface area contributed by atoms with Gasteiger partial charge in [-0.1, -0.05) is 78.5 Å². The summed E-state index contributed by atoms with van der Waals surface area (Å²) in [5.74, 6) is 0. The second-order valence-corrected chi connectivity index (χ2v) is 7.61. The number of rotatable bonds is 3. The van der Waals surface area contributed by atoms with Gasteiger partial charge in [0.15, 0.2) is 5.17 Å². The first-order valence-corrected chi connectivity index (χ1v) is 9.79. The quantitative estimate of drug-likeness (QED) is 0.451. The van der Waals surface area contributed by atoms with Gasteiger partial charge in [0, 0.05) is 5.69 Å². The number of aliphatic hydroxyl groups is 1. The molecule has 0 spiro atoms. The molecule has 156 valence electrons. The lowest BCUT2D eigenvalue weighted by Gasteiger charge is -2.38. The Morgan fingerprint density at radius 1 is 0.833 bits per heavy atom. The topological polar surface area (TPSA) is 35.8 Å². The minimum Gasteiger partial charge on any atom is -0.362 e. The molecule has 3 nitrogen and oxygen atoms in total. The molecule has 0 aromatic heterocycles. The second-order valence-electron chi connectivity index (χ2n) is 6.53. The summed E-state index contributed by atoms with van der Waals surface area (Å²) in [5, 5.41) is 9.98. The van der Waals surface area contributed by atoms with E-state index in [0.717, 1.165) is 16.7 Å². The molecule has 3 aromatic carbocycles. The lowest BCUT2D eigenvalue weighted by molar-refractivity contribution is -0.254. The summed E-state index contributed by atoms with van der Waals surface area (Å²) in [7, 11) is 0. The highest BCUT2D eigenvalue weighted by Crippen LogP contribution is 2.57. The number of amidine groups is 1. The Kier molecular flexibility index (Phi) is 6.59. The van der Waals surface area contributed by atoms with Crippen LogP contribution in [-0.2, 0) is 0 Å². The van der Waals surface area contributed by atoms with Crippen LogP contribution >= 0.6 is 28.7 Å². The average Bonchev–Trinajstić information content (AvgIpc) is 3.03. The van der Waals surface area contributed by atoms with Gasteiger partial charge < -0.3 is 5.11 Å². The van der Waals surface area contributed by atoms with E-state index in [4.69, 9.17) is 0 Å². The summed E-state index contributed by atoms with van der Waals surface area (Å²) in [6, 6.07) is 25.0. The molecule has 1 heterocycles. The van der Waals surface area contributed by atoms with E-state index < -0.39 is 17.2 Å². The van der Waals surface area contributed by atoms with Crippen LogP contribution in [0.3, 0.4) is 0 Å². The molecule has 30 heavy (non-hydrogen) atoms. The highest BCUT2D eigenvalue weighted by Gasteiger charge is 2.68. The van der Waals surface area contributed by atoms with Gasteiger partial charge in [0.1, 0.15) is 0 Å². The van der Waals surface area contributed by atoms with Gasteiger partial charge in [0.25, 0.3) is 5.72 Å². The first kappa shape index (κ1) is 22.4. The van der Waals surface area contributed by atoms with E-state index in [1.54, 1.807) is 78.9 Å². The van der Waals surface area contributed by atoms with Crippen molar-refractivity contribution in [2.24, 2.45) is 4.99 Å². The predicted molar refractivity (Wildman–Crippen MR) is 121 cm³/mol. The third-order valence-electron chi connectivity index (χ3n) is 4.64. The standard InChI is InChI=1S/C22H17F3N2OS.BrH/c23-22(24,25)21(28)19(16-10-4-1-5-11-16)29-20(26-17-12-6-2-7-13-17)27(21)18-14-8-3-9-15-18;/h1-15,19,28H;1H. The fourth-order valence-electron chi connectivity index (χ4n) is 3.28. The number of nitrogens with zero attached hydrogens (tertiary/aromatic N) is 2. The van der Waals surface area contributed by atoms with Crippen molar-refractivity contribution < 1.29 is 18.3 Å². The van der Waals surface area contributed by atoms with E-state index in [9.17, 15) is 18.3 Å². The average molecular weight is 495 g/mol. The largest absolute Gasteiger partial charge is 0.438 e. The minimum atomic E-state index is -4.93. The number of anilines is 1. The van der Waals surface area contributed by atoms with Crippen molar-refractivity contribution in [2.75, 3.05) is 4.90 Å². The summed E-state index contributed by atoms with van der Waals surface area (Å²) in [6.07, 6.45) is -4.93. The Balaban J connectivity index is 0.00000256. The Bertz CT molecular complexity index is 1000. The fourth-order valence-corrected chi connectivity index (χ4v) is 4.70. The molecule has 1 saturated heterocycles. The van der Waals surface area contributed by atoms with Gasteiger partial charge in [-0.25, -0.2) is 4.99 Å². The molecule has 0 radical (unpaired) electrons. The van der Waals surface area contributed by atoms with Crippen LogP contribution in [0.25, 0.3) is 0 Å². The maximum atomic E-state index is 14.4. The maximum absolute atomic E-state index is 14.4. The zero-order chi connectivity index (χ0) is 20.5. The Morgan fingerprint density at radius 2 is 1.33 bits per heavy atom. The smallest absolute Gasteiger partial charge is 0.362 e. The van der Waals surface area contributed by atoms with Gasteiger partial charge in [-0.3, -0.25) is 4.90 Å². The van der Waals surface area contributed by atoms with Crippen molar-refractivity contribution in [1.29, 1.82) is 0 Å². The molecule has 1 N–H and O–H groups in total. The van der Waals surface area contributed by atoms with Crippen molar-refractivity contribution >= 4 is 45.3 Å². The van der Waals surface area contributed by atoms with Crippen LogP contribution in [0.1, 0.15) is 10.8 Å². The van der Waals surface area contributed by atoms with Crippen molar-refractivity contribution in [3.8, 4) is 0 Å². The first-order chi connectivity index (χ1) is 13.9. The van der Waals surface area contributed by atoms with Crippen LogP contribution in [0.5, 0.6) is 0 Å². The van der Waals surface area contributed by atoms with Crippen molar-refractivity contribution in [3.63, 3.8) is 0 Å². The Hall–Kier alpha value is -2.29. The fraction of sp³-hybridized carbons (Fsp3) is 0.136. The highest BCUT2D eigenvalue weighted by atomic mass is 79.9. The van der Waals surface area contributed by atoms with Gasteiger partial charge in [-0.2, -0.15) is 13.2 Å². The first-order valence-electron chi connectivity index (χ1n) is 8.91. The molecule has 8 heteroatoms. The molecule has 3 aromatic rings. The number of hydrogen-bond acceptors (Lipinski definition) is 3. The Morgan fingerprint density at radius 3 is 1.87 bits per heavy atom. The van der Waals surface area contributed by atoms with Crippen LogP contribution in [0, 0.1) is 0 Å². The summed E-state index contributed by atoms with van der Waals surface area (Å²) in [6.45, 7) is 0. The van der Waals surface area contributed by atoms with E-state index in [2.05, 4.69) is 4.99 Å². The molecular formula is C22H18BrF3N2OS. The van der Waals surface area contributed by atoms with Crippen LogP contribution in [0.4, 0.5) is 24.5 Å². The van der Waals surface area contributed by atoms with E-state index in [1.165, 1.54) is 12.1 Å². The monoisotopic (exact) mass is 494 g/mol. The van der Waals surface area contributed by atoms with Gasteiger partial charge in [0.05, 0.1) is 10.9 Å². The number of hydrogen-bond donors (Lipinski definition) is 1. The zero-order valence-electron chi connectivity index (χ0n) is 15.5. The molecule has 1 fully saturated rings. The van der Waals surface area contributed by atoms with Crippen LogP contribution < -0.4 is 4.90 Å². The van der Waals surface area contributed by atoms with Gasteiger partial charge >= 0.3 is 6.18 Å². The summed E-state index contributed by atoms with van der Waals surface area (Å²) in [5.41, 5.74) is -2.06. The molecule has 2 unspecified atom stereocenters. The second kappa shape index (κ2) is 8.83. The van der Waals surface area contributed by atoms with Gasteiger partial charge in [-0.05, 0) is 29.8 Å². The van der Waals surface area contributed by atoms with Crippen LogP contribution in [0.15, 0.2) is 96.0 Å². The maximum Gasteiger partial charge on any atom is 0.438 e. The predicted octanol–water partition coefficient (Wildman–Crippen LogP) is 6.50. The van der Waals surface area contributed by atoms with E-state index >= 15 is 0 Å². The van der Waals surface area contributed by atoms with E-state index in [-0.39, 0.29) is 27.8 Å². The molecule has 0 amide bonds. The third-order valence-corrected chi connectivity index (χ3v) is 5.96. The van der Waals surface area contributed by atoms with Crippen molar-refractivity contribution in [2.45, 2.75) is 17.2 Å². The normalized spacial score (nSPS) is 22.7. The van der Waals surface area contributed by atoms with Gasteiger partial charge in [-0.15, -0.1) is 17.0 Å². The number of benzene rings is 3. The number of alkyl halides is 3. The summed E-state index contributed by atoms with van der Waals surface area (Å²) in [4.78, 5) is 5.34. The third kappa shape index (κ3) is 3.99. The molecule has 1 aliphatic heterocycles. The lowest BCUT2D eigenvalue weighted by Crippen LogP contribution is -2.59. The number of para-hydroxylation sites is 2. The molecule has 2 atom stereocenters. The molecule has 0 aliphatic carbocycles. The van der Waals surface area contributed by atoms with Crippen LogP contribution in [0.2, 0.25) is 0 Å². The Labute approximate surface area is 187 Å². The number of aliphatic imine (C=N–C) groups is 1. The van der Waals surface area contributed by atoms with Gasteiger partial charge in [0.2, 0.25) is 0 Å².